The molecule has 42 heavy (non-hydrogen) atoms. The summed E-state index contributed by atoms with van der Waals surface area (Å²) in [5.74, 6) is -2.26. The number of nitrogens with two attached hydrogens (primary N) is 1. The van der Waals surface area contributed by atoms with Crippen LogP contribution in [-0.2, 0) is 25.6 Å². The molecule has 0 radical (unpaired) electrons. The number of carbonyl (C=O) groups is 3. The SMILES string of the molecule is N=C(N)c1csc(CNC(=O)[C@@H]2CC3(CN2C(=O)CNC(=O)c2ccc(-c4cnc5[nH]ccc5c4)cc2)OCCO3)c1. The van der Waals surface area contributed by atoms with Gasteiger partial charge >= 0.3 is 0 Å². The predicted octanol–water partition coefficient (Wildman–Crippen LogP) is 1.97. The molecule has 1 spiro atoms. The Morgan fingerprint density at radius 1 is 1.10 bits per heavy atom. The second kappa shape index (κ2) is 11.4. The normalized spacial score (nSPS) is 17.5. The lowest BCUT2D eigenvalue weighted by Crippen LogP contribution is -2.49. The summed E-state index contributed by atoms with van der Waals surface area (Å²) in [5.41, 5.74) is 9.16. The Kier molecular flexibility index (Phi) is 7.45. The van der Waals surface area contributed by atoms with E-state index >= 15 is 0 Å². The highest BCUT2D eigenvalue weighted by atomic mass is 32.1. The summed E-state index contributed by atoms with van der Waals surface area (Å²) < 4.78 is 11.6. The number of pyridine rings is 1. The first-order chi connectivity index (χ1) is 20.3. The summed E-state index contributed by atoms with van der Waals surface area (Å²) >= 11 is 1.38. The molecule has 2 saturated heterocycles. The predicted molar refractivity (Wildman–Crippen MR) is 156 cm³/mol. The number of rotatable bonds is 8. The summed E-state index contributed by atoms with van der Waals surface area (Å²) in [7, 11) is 0. The molecule has 5 heterocycles. The number of nitrogen functional groups attached to an aromatic ring is 1. The number of aromatic amines is 1. The van der Waals surface area contributed by atoms with Crippen molar-refractivity contribution in [3.63, 3.8) is 0 Å². The van der Waals surface area contributed by atoms with Gasteiger partial charge in [0.15, 0.2) is 5.79 Å². The van der Waals surface area contributed by atoms with Crippen LogP contribution in [0, 0.1) is 5.41 Å². The molecular weight excluding hydrogens is 558 g/mol. The van der Waals surface area contributed by atoms with Gasteiger partial charge in [-0.2, -0.15) is 0 Å². The number of fused-ring (bicyclic) bond motifs is 1. The van der Waals surface area contributed by atoms with Crippen LogP contribution < -0.4 is 16.4 Å². The van der Waals surface area contributed by atoms with Crippen LogP contribution in [0.4, 0.5) is 0 Å². The number of ether oxygens (including phenoxy) is 2. The van der Waals surface area contributed by atoms with E-state index in [0.717, 1.165) is 27.0 Å². The number of nitrogens with one attached hydrogen (secondary N) is 4. The van der Waals surface area contributed by atoms with Crippen LogP contribution in [0.3, 0.4) is 0 Å². The number of H-pyrrole nitrogens is 1. The van der Waals surface area contributed by atoms with Crippen LogP contribution >= 0.6 is 11.3 Å². The largest absolute Gasteiger partial charge is 0.384 e. The second-order valence-electron chi connectivity index (χ2n) is 10.2. The van der Waals surface area contributed by atoms with Crippen molar-refractivity contribution in [1.82, 2.24) is 25.5 Å². The molecule has 3 amide bonds. The molecule has 3 aromatic heterocycles. The van der Waals surface area contributed by atoms with Crippen molar-refractivity contribution in [3.05, 3.63) is 76.2 Å². The van der Waals surface area contributed by atoms with E-state index in [0.29, 0.717) is 24.3 Å². The Morgan fingerprint density at radius 3 is 2.62 bits per heavy atom. The third kappa shape index (κ3) is 5.62. The Hall–Kier alpha value is -4.59. The van der Waals surface area contributed by atoms with E-state index in [-0.39, 0.29) is 37.8 Å². The van der Waals surface area contributed by atoms with Crippen LogP contribution in [0.5, 0.6) is 0 Å². The smallest absolute Gasteiger partial charge is 0.251 e. The Morgan fingerprint density at radius 2 is 1.88 bits per heavy atom. The monoisotopic (exact) mass is 587 g/mol. The van der Waals surface area contributed by atoms with Gasteiger partial charge in [-0.25, -0.2) is 4.98 Å². The number of benzene rings is 1. The highest BCUT2D eigenvalue weighted by molar-refractivity contribution is 7.10. The zero-order chi connectivity index (χ0) is 29.3. The van der Waals surface area contributed by atoms with E-state index in [1.165, 1.54) is 16.2 Å². The van der Waals surface area contributed by atoms with Crippen molar-refractivity contribution < 1.29 is 23.9 Å². The fourth-order valence-corrected chi connectivity index (χ4v) is 6.04. The van der Waals surface area contributed by atoms with Crippen LogP contribution in [0.25, 0.3) is 22.2 Å². The Labute approximate surface area is 244 Å². The van der Waals surface area contributed by atoms with Gasteiger partial charge in [-0.15, -0.1) is 11.3 Å². The highest BCUT2D eigenvalue weighted by Gasteiger charge is 2.52. The van der Waals surface area contributed by atoms with Crippen molar-refractivity contribution in [2.45, 2.75) is 24.8 Å². The molecule has 6 N–H and O–H groups in total. The third-order valence-corrected chi connectivity index (χ3v) is 8.35. The third-order valence-electron chi connectivity index (χ3n) is 7.41. The lowest BCUT2D eigenvalue weighted by Gasteiger charge is -2.24. The zero-order valence-electron chi connectivity index (χ0n) is 22.5. The maximum Gasteiger partial charge on any atom is 0.251 e. The number of thiophene rings is 1. The number of hydrogen-bond acceptors (Lipinski definition) is 8. The van der Waals surface area contributed by atoms with E-state index in [1.807, 2.05) is 30.5 Å². The molecule has 216 valence electrons. The van der Waals surface area contributed by atoms with E-state index < -0.39 is 23.6 Å². The standard InChI is InChI=1S/C29H29N7O5S/c30-25(31)21-10-22(42-15-21)13-34-28(39)23-11-29(40-7-8-41-29)16-36(23)24(37)14-35-27(38)18-3-1-17(2-4-18)20-9-19-5-6-32-26(19)33-12-20/h1-6,9-10,12,15,23H,7-8,11,13-14,16H2,(H3,30,31)(H,32,33)(H,34,39)(H,35,38)/t23-/m0/s1. The molecule has 0 aliphatic carbocycles. The average Bonchev–Trinajstić information content (AvgIpc) is 3.82. The van der Waals surface area contributed by atoms with Crippen LogP contribution in [0.1, 0.15) is 27.2 Å². The molecule has 1 aromatic carbocycles. The topological polar surface area (TPSA) is 176 Å². The molecule has 0 bridgehead atoms. The first-order valence-corrected chi connectivity index (χ1v) is 14.3. The maximum absolute atomic E-state index is 13.3. The number of aromatic nitrogens is 2. The zero-order valence-corrected chi connectivity index (χ0v) is 23.3. The summed E-state index contributed by atoms with van der Waals surface area (Å²) in [4.78, 5) is 49.1. The fourth-order valence-electron chi connectivity index (χ4n) is 5.22. The molecule has 0 unspecified atom stereocenters. The van der Waals surface area contributed by atoms with Crippen LogP contribution in [0.15, 0.2) is 60.2 Å². The van der Waals surface area contributed by atoms with Gasteiger partial charge in [-0.05, 0) is 35.9 Å². The number of amidine groups is 1. The summed E-state index contributed by atoms with van der Waals surface area (Å²) in [6, 6.07) is 11.9. The summed E-state index contributed by atoms with van der Waals surface area (Å²) in [6.07, 6.45) is 3.79. The minimum atomic E-state index is -1.04. The van der Waals surface area contributed by atoms with Crippen molar-refractivity contribution in [2.75, 3.05) is 26.3 Å². The maximum atomic E-state index is 13.3. The average molecular weight is 588 g/mol. The first-order valence-electron chi connectivity index (χ1n) is 13.4. The lowest BCUT2D eigenvalue weighted by molar-refractivity contribution is -0.152. The quantitative estimate of drug-likeness (QED) is 0.155. The second-order valence-corrected chi connectivity index (χ2v) is 11.2. The minimum Gasteiger partial charge on any atom is -0.384 e. The number of carbonyl (C=O) groups excluding carboxylic acids is 3. The van der Waals surface area contributed by atoms with Crippen molar-refractivity contribution in [2.24, 2.45) is 5.73 Å². The van der Waals surface area contributed by atoms with Gasteiger partial charge in [0.1, 0.15) is 17.5 Å². The Bertz CT molecular complexity index is 1660. The molecule has 6 rings (SSSR count). The molecule has 12 nitrogen and oxygen atoms in total. The van der Waals surface area contributed by atoms with E-state index in [1.54, 1.807) is 29.8 Å². The van der Waals surface area contributed by atoms with Crippen LogP contribution in [-0.4, -0.2) is 76.6 Å². The van der Waals surface area contributed by atoms with Gasteiger partial charge in [0.25, 0.3) is 5.91 Å². The van der Waals surface area contributed by atoms with Crippen molar-refractivity contribution in [1.29, 1.82) is 5.41 Å². The fraction of sp³-hybridized carbons (Fsp3) is 0.276. The van der Waals surface area contributed by atoms with Gasteiger partial charge in [0.2, 0.25) is 11.8 Å². The summed E-state index contributed by atoms with van der Waals surface area (Å²) in [6.45, 7) is 0.775. The summed E-state index contributed by atoms with van der Waals surface area (Å²) in [5, 5.41) is 15.8. The van der Waals surface area contributed by atoms with Gasteiger partial charge in [0, 0.05) is 51.1 Å². The number of amides is 3. The van der Waals surface area contributed by atoms with E-state index in [4.69, 9.17) is 20.6 Å². The van der Waals surface area contributed by atoms with E-state index in [9.17, 15) is 14.4 Å². The molecule has 2 fully saturated rings. The number of likely N-dealkylation sites (tertiary alicyclic amines) is 1. The first kappa shape index (κ1) is 27.6. The van der Waals surface area contributed by atoms with Crippen LogP contribution in [0.2, 0.25) is 0 Å². The molecule has 2 aliphatic rings. The van der Waals surface area contributed by atoms with Crippen molar-refractivity contribution in [3.8, 4) is 11.1 Å². The lowest BCUT2D eigenvalue weighted by atomic mass is 10.0. The molecule has 13 heteroatoms. The van der Waals surface area contributed by atoms with Gasteiger partial charge in [-0.1, -0.05) is 12.1 Å². The van der Waals surface area contributed by atoms with Crippen molar-refractivity contribution >= 4 is 45.9 Å². The molecule has 2 aliphatic heterocycles. The molecule has 1 atom stereocenters. The van der Waals surface area contributed by atoms with Gasteiger partial charge in [0.05, 0.1) is 32.8 Å². The van der Waals surface area contributed by atoms with Gasteiger partial charge < -0.3 is 35.7 Å². The molecule has 4 aromatic rings. The minimum absolute atomic E-state index is 0.0429. The molecular formula is C29H29N7O5S. The number of hydrogen-bond donors (Lipinski definition) is 5. The van der Waals surface area contributed by atoms with E-state index in [2.05, 4.69) is 20.6 Å². The molecule has 0 saturated carbocycles. The highest BCUT2D eigenvalue weighted by Crippen LogP contribution is 2.35. The number of nitrogens with zero attached hydrogens (tertiary/aromatic N) is 2. The Balaban J connectivity index is 1.08. The van der Waals surface area contributed by atoms with Gasteiger partial charge in [-0.3, -0.25) is 19.8 Å².